The second kappa shape index (κ2) is 10.3. The molecule has 0 fully saturated rings. The molecule has 0 bridgehead atoms. The minimum Gasteiger partial charge on any atom is -0.119 e. The van der Waals surface area contributed by atoms with Crippen molar-refractivity contribution in [1.29, 1.82) is 0 Å². The summed E-state index contributed by atoms with van der Waals surface area (Å²) in [6, 6.07) is 9.35. The van der Waals surface area contributed by atoms with Gasteiger partial charge < -0.3 is 0 Å². The van der Waals surface area contributed by atoms with Crippen LogP contribution in [0, 0.1) is 13.8 Å². The highest BCUT2D eigenvalue weighted by molar-refractivity contribution is 9.10. The normalized spacial score (nSPS) is 14.1. The Balaban J connectivity index is 2.09. The lowest BCUT2D eigenvalue weighted by Gasteiger charge is -2.29. The molecule has 0 radical (unpaired) electrons. The quantitative estimate of drug-likeness (QED) is 0.181. The van der Waals surface area contributed by atoms with E-state index in [1.165, 1.54) is 84.7 Å². The third-order valence-electron chi connectivity index (χ3n) is 7.00. The summed E-state index contributed by atoms with van der Waals surface area (Å²) < 4.78 is 2.35. The van der Waals surface area contributed by atoms with E-state index in [1.807, 2.05) is 0 Å². The van der Waals surface area contributed by atoms with E-state index in [9.17, 15) is 0 Å². The van der Waals surface area contributed by atoms with Gasteiger partial charge in [-0.2, -0.15) is 0 Å². The summed E-state index contributed by atoms with van der Waals surface area (Å²) in [4.78, 5) is 0. The van der Waals surface area contributed by atoms with E-state index in [-0.39, 0.29) is 5.41 Å². The Bertz CT molecular complexity index is 1070. The second-order valence-corrected chi connectivity index (χ2v) is 11.4. The largest absolute Gasteiger partial charge is 0.119 e. The molecule has 3 rings (SSSR count). The zero-order valence-electron chi connectivity index (χ0n) is 20.7. The minimum atomic E-state index is -0.172. The summed E-state index contributed by atoms with van der Waals surface area (Å²) in [6.07, 6.45) is 8.68. The highest BCUT2D eigenvalue weighted by atomic mass is 79.9. The van der Waals surface area contributed by atoms with Crippen molar-refractivity contribution < 1.29 is 0 Å². The van der Waals surface area contributed by atoms with Crippen LogP contribution in [-0.4, -0.2) is 0 Å². The fraction of sp³-hybridized carbons (Fsp3) is 0.433. The van der Waals surface area contributed by atoms with Gasteiger partial charge in [0.25, 0.3) is 0 Å². The van der Waals surface area contributed by atoms with Crippen molar-refractivity contribution in [3.63, 3.8) is 0 Å². The van der Waals surface area contributed by atoms with Crippen LogP contribution in [-0.2, 0) is 5.41 Å². The van der Waals surface area contributed by atoms with Crippen LogP contribution in [0.15, 0.2) is 61.7 Å². The molecule has 2 aromatic rings. The summed E-state index contributed by atoms with van der Waals surface area (Å²) in [6.45, 7) is 15.7. The molecule has 0 spiro atoms. The molecule has 1 aliphatic carbocycles. The molecule has 0 saturated carbocycles. The van der Waals surface area contributed by atoms with E-state index in [1.54, 1.807) is 0 Å². The Labute approximate surface area is 212 Å². The van der Waals surface area contributed by atoms with Crippen LogP contribution in [0.5, 0.6) is 0 Å². The smallest absolute Gasteiger partial charge is 0.0396 e. The predicted octanol–water partition coefficient (Wildman–Crippen LogP) is 10.5. The summed E-state index contributed by atoms with van der Waals surface area (Å²) >= 11 is 7.58. The predicted molar refractivity (Wildman–Crippen MR) is 148 cm³/mol. The Hall–Kier alpha value is -1.34. The summed E-state index contributed by atoms with van der Waals surface area (Å²) in [5.41, 5.74) is 15.4. The summed E-state index contributed by atoms with van der Waals surface area (Å²) in [5.74, 6) is 0. The lowest BCUT2D eigenvalue weighted by Crippen LogP contribution is -2.22. The first-order chi connectivity index (χ1) is 15.1. The number of benzene rings is 2. The molecule has 0 heterocycles. The van der Waals surface area contributed by atoms with Gasteiger partial charge in [-0.25, -0.2) is 0 Å². The molecule has 0 nitrogen and oxygen atoms in total. The van der Waals surface area contributed by atoms with E-state index >= 15 is 0 Å². The zero-order valence-corrected chi connectivity index (χ0v) is 23.9. The van der Waals surface area contributed by atoms with Gasteiger partial charge in [0.2, 0.25) is 0 Å². The summed E-state index contributed by atoms with van der Waals surface area (Å²) in [7, 11) is 0. The Morgan fingerprint density at radius 2 is 1.41 bits per heavy atom. The number of rotatable bonds is 7. The summed E-state index contributed by atoms with van der Waals surface area (Å²) in [5, 5.41) is 0. The molecule has 2 aromatic carbocycles. The molecule has 0 aromatic heterocycles. The average molecular weight is 556 g/mol. The number of fused-ring (bicyclic) bond motifs is 3. The lowest BCUT2D eigenvalue weighted by atomic mass is 9.73. The first-order valence-corrected chi connectivity index (χ1v) is 13.4. The van der Waals surface area contributed by atoms with E-state index in [0.29, 0.717) is 0 Å². The molecule has 0 saturated heterocycles. The average Bonchev–Trinajstić information content (AvgIpc) is 2.95. The van der Waals surface area contributed by atoms with Crippen LogP contribution in [0.4, 0.5) is 0 Å². The molecule has 32 heavy (non-hydrogen) atoms. The van der Waals surface area contributed by atoms with Gasteiger partial charge in [0, 0.05) is 14.4 Å². The van der Waals surface area contributed by atoms with Gasteiger partial charge >= 0.3 is 0 Å². The Morgan fingerprint density at radius 1 is 0.875 bits per heavy atom. The van der Waals surface area contributed by atoms with Crippen LogP contribution in [0.2, 0.25) is 0 Å². The second-order valence-electron chi connectivity index (χ2n) is 9.65. The van der Waals surface area contributed by atoms with Crippen molar-refractivity contribution in [3.8, 4) is 11.1 Å². The van der Waals surface area contributed by atoms with E-state index < -0.39 is 0 Å². The maximum absolute atomic E-state index is 3.79. The fourth-order valence-electron chi connectivity index (χ4n) is 4.93. The molecule has 1 aliphatic rings. The third-order valence-corrected chi connectivity index (χ3v) is 8.71. The minimum absolute atomic E-state index is 0.172. The van der Waals surface area contributed by atoms with Gasteiger partial charge in [0.15, 0.2) is 0 Å². The highest BCUT2D eigenvalue weighted by Gasteiger charge is 2.41. The number of unbranched alkanes of at least 4 members (excludes halogenated alkanes) is 3. The molecule has 0 unspecified atom stereocenters. The Morgan fingerprint density at radius 3 is 1.91 bits per heavy atom. The van der Waals surface area contributed by atoms with Crippen LogP contribution >= 0.6 is 31.9 Å². The number of halogens is 2. The van der Waals surface area contributed by atoms with Gasteiger partial charge in [-0.1, -0.05) is 69.7 Å². The topological polar surface area (TPSA) is 0 Å². The van der Waals surface area contributed by atoms with Gasteiger partial charge in [0.1, 0.15) is 0 Å². The molecular weight excluding hydrogens is 520 g/mol. The van der Waals surface area contributed by atoms with E-state index in [2.05, 4.69) is 116 Å². The van der Waals surface area contributed by atoms with Crippen LogP contribution < -0.4 is 0 Å². The van der Waals surface area contributed by atoms with Crippen molar-refractivity contribution in [2.75, 3.05) is 0 Å². The lowest BCUT2D eigenvalue weighted by molar-refractivity contribution is 0.664. The van der Waals surface area contributed by atoms with Crippen LogP contribution in [0.25, 0.3) is 11.1 Å². The van der Waals surface area contributed by atoms with Gasteiger partial charge in [-0.05, 0) is 123 Å². The maximum Gasteiger partial charge on any atom is 0.0396 e. The highest BCUT2D eigenvalue weighted by Crippen LogP contribution is 2.54. The molecule has 0 aliphatic heterocycles. The van der Waals surface area contributed by atoms with Crippen molar-refractivity contribution in [2.24, 2.45) is 0 Å². The Kier molecular flexibility index (Phi) is 8.13. The van der Waals surface area contributed by atoms with Gasteiger partial charge in [0.05, 0.1) is 0 Å². The maximum atomic E-state index is 3.79. The van der Waals surface area contributed by atoms with Gasteiger partial charge in [-0.3, -0.25) is 0 Å². The van der Waals surface area contributed by atoms with Crippen molar-refractivity contribution in [2.45, 2.75) is 86.0 Å². The SMILES string of the molecule is CCCCCCC(C)=C=C(C)/C=C(\C)C1(C)c2cc(Br)c(C)cc2-c2cc(C)c(Br)cc21. The number of allylic oxidation sites excluding steroid dienone is 3. The number of aryl methyl sites for hydroxylation is 2. The van der Waals surface area contributed by atoms with Crippen LogP contribution in [0.1, 0.15) is 89.0 Å². The molecular formula is C30H36Br2. The van der Waals surface area contributed by atoms with Crippen LogP contribution in [0.3, 0.4) is 0 Å². The fourth-order valence-corrected chi connectivity index (χ4v) is 5.61. The third kappa shape index (κ3) is 4.93. The molecule has 170 valence electrons. The van der Waals surface area contributed by atoms with E-state index in [4.69, 9.17) is 0 Å². The standard InChI is InChI=1S/C30H36Br2/c1-8-9-10-11-12-19(2)13-20(3)14-23(6)30(7)26-17-28(31)21(4)15-24(26)25-16-22(5)29(32)18-27(25)30/h14-18H,8-12H2,1-7H3/b23-14+. The number of hydrogen-bond donors (Lipinski definition) is 0. The molecule has 0 atom stereocenters. The van der Waals surface area contributed by atoms with E-state index in [0.717, 1.165) is 6.42 Å². The molecule has 0 amide bonds. The van der Waals surface area contributed by atoms with Crippen molar-refractivity contribution in [1.82, 2.24) is 0 Å². The van der Waals surface area contributed by atoms with Crippen molar-refractivity contribution >= 4 is 31.9 Å². The zero-order chi connectivity index (χ0) is 23.6. The first-order valence-electron chi connectivity index (χ1n) is 11.8. The van der Waals surface area contributed by atoms with Crippen molar-refractivity contribution in [3.05, 3.63) is 84.0 Å². The number of hydrogen-bond acceptors (Lipinski definition) is 0. The molecule has 2 heteroatoms. The monoisotopic (exact) mass is 554 g/mol. The molecule has 0 N–H and O–H groups in total. The van der Waals surface area contributed by atoms with Gasteiger partial charge in [-0.15, -0.1) is 5.73 Å². The first kappa shape index (κ1) is 25.3.